The minimum absolute atomic E-state index is 0.0229. The number of carbonyl (C=O) groups excluding carboxylic acids is 14. The number of benzene rings is 1. The second-order valence-corrected chi connectivity index (χ2v) is 30.0. The van der Waals surface area contributed by atoms with Gasteiger partial charge in [-0.25, -0.2) is 4.79 Å². The van der Waals surface area contributed by atoms with Crippen LogP contribution in [0.3, 0.4) is 0 Å². The Balaban J connectivity index is 0.00000179. The van der Waals surface area contributed by atoms with E-state index in [1.165, 1.54) is 87.7 Å². The first-order chi connectivity index (χ1) is 47.3. The molecule has 0 unspecified atom stereocenters. The Hall–Kier alpha value is -8.30. The highest BCUT2D eigenvalue weighted by Crippen LogP contribution is 2.31. The first kappa shape index (κ1) is 89.8. The summed E-state index contributed by atoms with van der Waals surface area (Å²) in [5, 5.41) is 27.3. The molecular weight excluding hydrogens is 1310 g/mol. The summed E-state index contributed by atoms with van der Waals surface area (Å²) < 4.78 is 0. The van der Waals surface area contributed by atoms with Gasteiger partial charge in [-0.1, -0.05) is 146 Å². The first-order valence-electron chi connectivity index (χ1n) is 35.9. The topological polar surface area (TPSA) is 354 Å². The van der Waals surface area contributed by atoms with Crippen LogP contribution >= 0.6 is 0 Å². The van der Waals surface area contributed by atoms with E-state index < -0.39 is 179 Å². The minimum Gasteiger partial charge on any atom is -0.390 e. The van der Waals surface area contributed by atoms with Gasteiger partial charge in [-0.15, -0.1) is 0 Å². The highest BCUT2D eigenvalue weighted by atomic mass is 16.3. The van der Waals surface area contributed by atoms with Gasteiger partial charge in [-0.3, -0.25) is 73.0 Å². The molecule has 102 heavy (non-hydrogen) atoms. The quantitative estimate of drug-likeness (QED) is 0.0857. The Morgan fingerprint density at radius 1 is 0.480 bits per heavy atom. The molecule has 2 heterocycles. The summed E-state index contributed by atoms with van der Waals surface area (Å²) in [6, 6.07) is -4.37. The van der Waals surface area contributed by atoms with Gasteiger partial charge in [-0.2, -0.15) is 0 Å². The van der Waals surface area contributed by atoms with Gasteiger partial charge in [0, 0.05) is 49.3 Å². The standard InChI is InChI=1S/C62H111N11O12.C12H12N2O3/c1-25-27-28-40(15)52(75)51-56(79)65-43(26-2)58(81)67(18)33-48(74)68(19)44(29-34(3)4)55(78)66-49(38(11)12)61(84)69(20)45(30-35(5)6)54(77)63-41(16)53(76)64-42(17)57(80)70(21)46(31-36(7)8)59(82)71(22)47(32-37(9)10)60(83)72(23)50(39(13)14)62(85)73(51)24;1-2-12(8-6-4-3-5-7-8)9(15)13-11(17)14-10(12)16/h25,27,34-47,49-52,75H,26,28-33H2,1-24H3,(H,63,77)(H,64,76)(H,65,79)(H,66,78);3-7H,2H2,1H3,(H2,13,14,15,16,17)/b27-25+;/t40-,41+,42-,43+,44+,45+,46+,47+,49+,50+,51+,52-;/m1./s1. The number of barbiturate groups is 1. The number of amides is 15. The molecule has 574 valence electrons. The van der Waals surface area contributed by atoms with E-state index in [4.69, 9.17) is 0 Å². The van der Waals surface area contributed by atoms with Gasteiger partial charge >= 0.3 is 6.03 Å². The van der Waals surface area contributed by atoms with Gasteiger partial charge in [0.15, 0.2) is 5.41 Å². The molecule has 28 heteroatoms. The Labute approximate surface area is 605 Å². The van der Waals surface area contributed by atoms with Crippen LogP contribution in [-0.4, -0.2) is 245 Å². The van der Waals surface area contributed by atoms with Crippen molar-refractivity contribution in [1.82, 2.24) is 66.2 Å². The fourth-order valence-electron chi connectivity index (χ4n) is 12.7. The van der Waals surface area contributed by atoms with Gasteiger partial charge < -0.3 is 60.7 Å². The molecule has 0 aromatic heterocycles. The molecule has 7 N–H and O–H groups in total. The van der Waals surface area contributed by atoms with Crippen molar-refractivity contribution >= 4 is 82.8 Å². The molecule has 2 aliphatic rings. The summed E-state index contributed by atoms with van der Waals surface area (Å²) in [4.78, 5) is 204. The molecule has 15 amide bonds. The van der Waals surface area contributed by atoms with Crippen LogP contribution in [0.2, 0.25) is 0 Å². The zero-order valence-corrected chi connectivity index (χ0v) is 65.4. The summed E-state index contributed by atoms with van der Waals surface area (Å²) >= 11 is 0. The monoisotopic (exact) mass is 1430 g/mol. The van der Waals surface area contributed by atoms with Crippen molar-refractivity contribution in [2.75, 3.05) is 55.9 Å². The summed E-state index contributed by atoms with van der Waals surface area (Å²) in [6.45, 7) is 31.1. The Bertz CT molecular complexity index is 3100. The fourth-order valence-corrected chi connectivity index (χ4v) is 12.7. The van der Waals surface area contributed by atoms with Crippen molar-refractivity contribution in [2.45, 2.75) is 242 Å². The maximum atomic E-state index is 15.1. The minimum atomic E-state index is -1.61. The number of likely N-dealkylation sites (N-methyl/N-ethyl adjacent to an activating group) is 7. The van der Waals surface area contributed by atoms with Gasteiger partial charge in [0.2, 0.25) is 76.8 Å². The van der Waals surface area contributed by atoms with Crippen molar-refractivity contribution in [3.8, 4) is 0 Å². The van der Waals surface area contributed by atoms with E-state index in [1.54, 1.807) is 91.8 Å². The molecular formula is C74H123N13O15. The van der Waals surface area contributed by atoms with Crippen LogP contribution in [0.15, 0.2) is 42.5 Å². The van der Waals surface area contributed by atoms with E-state index >= 15 is 9.59 Å². The molecule has 2 fully saturated rings. The number of carbonyl (C=O) groups is 14. The highest BCUT2D eigenvalue weighted by Gasteiger charge is 2.51. The predicted molar refractivity (Wildman–Crippen MR) is 389 cm³/mol. The first-order valence-corrected chi connectivity index (χ1v) is 35.9. The molecule has 3 rings (SSSR count). The SMILES string of the molecule is C/C=C/C[C@@H](C)[C@@H](O)[C@H]1C(=O)N[C@@H](CC)C(=O)N(C)CC(=O)N(C)[C@@H](CC(C)C)C(=O)N[C@@H](C(C)C)C(=O)N(C)[C@@H](CC(C)C)C(=O)N[C@@H](C)C(=O)N[C@H](C)C(=O)N(C)[C@@H](CC(C)C)C(=O)N(C)[C@@H](CC(C)C)C(=O)N(C)[C@@H](C(C)C)C(=O)N1C.CCC1(c2ccccc2)C(=O)NC(=O)NC1=O. The molecule has 0 saturated carbocycles. The summed E-state index contributed by atoms with van der Waals surface area (Å²) in [5.41, 5.74) is -0.722. The van der Waals surface area contributed by atoms with E-state index in [0.717, 1.165) is 9.80 Å². The molecule has 12 atom stereocenters. The molecule has 2 aliphatic heterocycles. The van der Waals surface area contributed by atoms with Crippen molar-refractivity contribution < 1.29 is 72.2 Å². The van der Waals surface area contributed by atoms with Crippen molar-refractivity contribution in [3.63, 3.8) is 0 Å². The zero-order chi connectivity index (χ0) is 78.4. The van der Waals surface area contributed by atoms with Crippen LogP contribution in [0.25, 0.3) is 0 Å². The van der Waals surface area contributed by atoms with E-state index in [9.17, 15) is 62.6 Å². The van der Waals surface area contributed by atoms with Crippen LogP contribution in [0, 0.1) is 41.4 Å². The normalized spacial score (nSPS) is 25.5. The molecule has 0 spiro atoms. The third kappa shape index (κ3) is 23.6. The molecule has 1 aromatic carbocycles. The van der Waals surface area contributed by atoms with Crippen LogP contribution < -0.4 is 31.9 Å². The van der Waals surface area contributed by atoms with E-state index in [0.29, 0.717) is 18.4 Å². The maximum absolute atomic E-state index is 15.1. The summed E-state index contributed by atoms with van der Waals surface area (Å²) in [7, 11) is 9.92. The number of allylic oxidation sites excluding steroid dienone is 2. The number of aliphatic hydroxyl groups excluding tert-OH is 1. The number of nitrogens with zero attached hydrogens (tertiary/aromatic N) is 7. The van der Waals surface area contributed by atoms with E-state index in [1.807, 2.05) is 61.5 Å². The zero-order valence-electron chi connectivity index (χ0n) is 65.4. The fraction of sp³-hybridized carbons (Fsp3) is 0.703. The number of urea groups is 1. The predicted octanol–water partition coefficient (Wildman–Crippen LogP) is 3.97. The Kier molecular flexibility index (Phi) is 35.7. The molecule has 0 radical (unpaired) electrons. The van der Waals surface area contributed by atoms with Crippen LogP contribution in [-0.2, 0) is 67.7 Å². The number of aliphatic hydroxyl groups is 1. The van der Waals surface area contributed by atoms with Crippen molar-refractivity contribution in [2.24, 2.45) is 41.4 Å². The number of nitrogens with one attached hydrogen (secondary N) is 6. The van der Waals surface area contributed by atoms with E-state index in [2.05, 4.69) is 31.9 Å². The molecule has 1 aromatic rings. The lowest BCUT2D eigenvalue weighted by Gasteiger charge is -2.41. The lowest BCUT2D eigenvalue weighted by Crippen LogP contribution is -2.64. The van der Waals surface area contributed by atoms with Gasteiger partial charge in [0.1, 0.15) is 60.4 Å². The Morgan fingerprint density at radius 3 is 1.36 bits per heavy atom. The van der Waals surface area contributed by atoms with Crippen molar-refractivity contribution in [1.29, 1.82) is 0 Å². The van der Waals surface area contributed by atoms with Crippen LogP contribution in [0.1, 0.15) is 175 Å². The number of rotatable bonds is 17. The van der Waals surface area contributed by atoms with Crippen molar-refractivity contribution in [3.05, 3.63) is 48.0 Å². The van der Waals surface area contributed by atoms with Crippen LogP contribution in [0.4, 0.5) is 4.79 Å². The average Bonchev–Trinajstić information content (AvgIpc) is 0.766. The van der Waals surface area contributed by atoms with Crippen LogP contribution in [0.5, 0.6) is 0 Å². The number of imide groups is 2. The highest BCUT2D eigenvalue weighted by molar-refractivity contribution is 6.23. The third-order valence-electron chi connectivity index (χ3n) is 19.1. The van der Waals surface area contributed by atoms with Gasteiger partial charge in [-0.05, 0) is 113 Å². The largest absolute Gasteiger partial charge is 0.390 e. The van der Waals surface area contributed by atoms with Gasteiger partial charge in [0.25, 0.3) is 0 Å². The molecule has 0 bridgehead atoms. The lowest BCUT2D eigenvalue weighted by molar-refractivity contribution is -0.157. The summed E-state index contributed by atoms with van der Waals surface area (Å²) in [5.74, 6) is -10.8. The second-order valence-electron chi connectivity index (χ2n) is 30.0. The van der Waals surface area contributed by atoms with E-state index in [-0.39, 0.29) is 55.8 Å². The summed E-state index contributed by atoms with van der Waals surface area (Å²) in [6.07, 6.45) is 3.34. The Morgan fingerprint density at radius 2 is 0.912 bits per heavy atom. The molecule has 2 saturated heterocycles. The number of hydrogen-bond acceptors (Lipinski definition) is 15. The smallest absolute Gasteiger partial charge is 0.328 e. The third-order valence-corrected chi connectivity index (χ3v) is 19.1. The molecule has 28 nitrogen and oxygen atoms in total. The maximum Gasteiger partial charge on any atom is 0.328 e. The average molecular weight is 1430 g/mol. The molecule has 0 aliphatic carbocycles. The van der Waals surface area contributed by atoms with Gasteiger partial charge in [0.05, 0.1) is 12.6 Å². The second kappa shape index (κ2) is 40.5. The number of hydrogen-bond donors (Lipinski definition) is 7. The lowest BCUT2D eigenvalue weighted by atomic mass is 9.75.